The SMILES string of the molecule is COc1cc([C@@H]2CC(=O)N(CC(=O)NCCc3ccccc3)c3ccccc3S2)cc(OC)c1OC. The van der Waals surface area contributed by atoms with Crippen molar-refractivity contribution in [3.8, 4) is 17.2 Å². The van der Waals surface area contributed by atoms with Crippen LogP contribution in [0.5, 0.6) is 17.2 Å². The number of nitrogens with zero attached hydrogens (tertiary/aromatic N) is 1. The zero-order chi connectivity index (χ0) is 25.5. The number of hydrogen-bond acceptors (Lipinski definition) is 6. The van der Waals surface area contributed by atoms with Crippen molar-refractivity contribution in [2.24, 2.45) is 0 Å². The van der Waals surface area contributed by atoms with Gasteiger partial charge in [-0.3, -0.25) is 9.59 Å². The van der Waals surface area contributed by atoms with E-state index in [-0.39, 0.29) is 30.0 Å². The van der Waals surface area contributed by atoms with Crippen LogP contribution in [-0.4, -0.2) is 46.2 Å². The highest BCUT2D eigenvalue weighted by atomic mass is 32.2. The smallest absolute Gasteiger partial charge is 0.240 e. The number of ether oxygens (including phenoxy) is 3. The Labute approximate surface area is 215 Å². The van der Waals surface area contributed by atoms with Crippen molar-refractivity contribution in [3.05, 3.63) is 77.9 Å². The summed E-state index contributed by atoms with van der Waals surface area (Å²) in [5.74, 6) is 1.26. The maximum Gasteiger partial charge on any atom is 0.240 e. The van der Waals surface area contributed by atoms with Crippen LogP contribution < -0.4 is 24.4 Å². The molecule has 0 radical (unpaired) electrons. The Morgan fingerprint density at radius 3 is 2.31 bits per heavy atom. The van der Waals surface area contributed by atoms with Gasteiger partial charge in [-0.2, -0.15) is 0 Å². The molecule has 1 aliphatic heterocycles. The summed E-state index contributed by atoms with van der Waals surface area (Å²) in [6.45, 7) is 0.475. The molecule has 188 valence electrons. The van der Waals surface area contributed by atoms with Gasteiger partial charge in [-0.05, 0) is 41.8 Å². The lowest BCUT2D eigenvalue weighted by molar-refractivity contribution is -0.123. The average molecular weight is 507 g/mol. The van der Waals surface area contributed by atoms with Gasteiger partial charge < -0.3 is 24.4 Å². The predicted molar refractivity (Wildman–Crippen MR) is 141 cm³/mol. The van der Waals surface area contributed by atoms with Crippen molar-refractivity contribution in [2.75, 3.05) is 39.3 Å². The maximum absolute atomic E-state index is 13.5. The van der Waals surface area contributed by atoms with Gasteiger partial charge in [0, 0.05) is 23.1 Å². The van der Waals surface area contributed by atoms with E-state index in [1.807, 2.05) is 66.7 Å². The first-order chi connectivity index (χ1) is 17.5. The van der Waals surface area contributed by atoms with Gasteiger partial charge in [-0.25, -0.2) is 0 Å². The molecule has 3 aromatic rings. The van der Waals surface area contributed by atoms with E-state index < -0.39 is 0 Å². The molecule has 8 heteroatoms. The first kappa shape index (κ1) is 25.4. The van der Waals surface area contributed by atoms with E-state index in [0.717, 1.165) is 28.1 Å². The average Bonchev–Trinajstić information content (AvgIpc) is 3.04. The second kappa shape index (κ2) is 11.9. The van der Waals surface area contributed by atoms with Gasteiger partial charge >= 0.3 is 0 Å². The lowest BCUT2D eigenvalue weighted by atomic mass is 10.1. The second-order valence-electron chi connectivity index (χ2n) is 8.30. The molecule has 2 amide bonds. The summed E-state index contributed by atoms with van der Waals surface area (Å²) in [5, 5.41) is 2.75. The van der Waals surface area contributed by atoms with Gasteiger partial charge in [0.15, 0.2) is 11.5 Å². The highest BCUT2D eigenvalue weighted by molar-refractivity contribution is 7.99. The molecule has 1 heterocycles. The van der Waals surface area contributed by atoms with Crippen LogP contribution in [0.1, 0.15) is 22.8 Å². The fourth-order valence-electron chi connectivity index (χ4n) is 4.21. The number of hydrogen-bond donors (Lipinski definition) is 1. The van der Waals surface area contributed by atoms with Crippen LogP contribution in [-0.2, 0) is 16.0 Å². The molecule has 1 aliphatic rings. The molecule has 0 saturated heterocycles. The number of methoxy groups -OCH3 is 3. The monoisotopic (exact) mass is 506 g/mol. The summed E-state index contributed by atoms with van der Waals surface area (Å²) >= 11 is 1.59. The zero-order valence-corrected chi connectivity index (χ0v) is 21.5. The third-order valence-electron chi connectivity index (χ3n) is 6.03. The highest BCUT2D eigenvalue weighted by Crippen LogP contribution is 2.48. The zero-order valence-electron chi connectivity index (χ0n) is 20.7. The Morgan fingerprint density at radius 1 is 0.972 bits per heavy atom. The van der Waals surface area contributed by atoms with Crippen LogP contribution in [0.2, 0.25) is 0 Å². The Balaban J connectivity index is 1.54. The summed E-state index contributed by atoms with van der Waals surface area (Å²) in [6, 6.07) is 21.4. The molecule has 0 bridgehead atoms. The normalized spacial score (nSPS) is 15.0. The van der Waals surface area contributed by atoms with Gasteiger partial charge in [0.25, 0.3) is 0 Å². The fourth-order valence-corrected chi connectivity index (χ4v) is 5.48. The van der Waals surface area contributed by atoms with Gasteiger partial charge in [0.1, 0.15) is 6.54 Å². The van der Waals surface area contributed by atoms with Crippen molar-refractivity contribution >= 4 is 29.3 Å². The van der Waals surface area contributed by atoms with Crippen LogP contribution in [0, 0.1) is 0 Å². The van der Waals surface area contributed by atoms with Crippen molar-refractivity contribution < 1.29 is 23.8 Å². The molecule has 36 heavy (non-hydrogen) atoms. The van der Waals surface area contributed by atoms with Crippen molar-refractivity contribution in [3.63, 3.8) is 0 Å². The molecule has 0 spiro atoms. The topological polar surface area (TPSA) is 77.1 Å². The maximum atomic E-state index is 13.5. The summed E-state index contributed by atoms with van der Waals surface area (Å²) in [4.78, 5) is 28.8. The minimum absolute atomic E-state index is 0.0346. The summed E-state index contributed by atoms with van der Waals surface area (Å²) in [6.07, 6.45) is 0.950. The van der Waals surface area contributed by atoms with Crippen LogP contribution in [0.4, 0.5) is 5.69 Å². The van der Waals surface area contributed by atoms with E-state index in [4.69, 9.17) is 14.2 Å². The van der Waals surface area contributed by atoms with Crippen molar-refractivity contribution in [2.45, 2.75) is 23.0 Å². The molecule has 7 nitrogen and oxygen atoms in total. The molecule has 1 N–H and O–H groups in total. The molecule has 3 aromatic carbocycles. The number of fused-ring (bicyclic) bond motifs is 1. The third kappa shape index (κ3) is 5.76. The minimum Gasteiger partial charge on any atom is -0.493 e. The number of anilines is 1. The molecular weight excluding hydrogens is 476 g/mol. The Morgan fingerprint density at radius 2 is 1.64 bits per heavy atom. The summed E-state index contributed by atoms with van der Waals surface area (Å²) < 4.78 is 16.5. The number of nitrogens with one attached hydrogen (secondary N) is 1. The van der Waals surface area contributed by atoms with E-state index in [1.54, 1.807) is 38.0 Å². The molecule has 0 fully saturated rings. The summed E-state index contributed by atoms with van der Waals surface area (Å²) in [5.41, 5.74) is 2.77. The van der Waals surface area contributed by atoms with Crippen LogP contribution >= 0.6 is 11.8 Å². The number of benzene rings is 3. The highest BCUT2D eigenvalue weighted by Gasteiger charge is 2.31. The van der Waals surface area contributed by atoms with Gasteiger partial charge in [0.05, 0.1) is 27.0 Å². The van der Waals surface area contributed by atoms with Crippen LogP contribution in [0.15, 0.2) is 71.6 Å². The molecule has 0 saturated carbocycles. The summed E-state index contributed by atoms with van der Waals surface area (Å²) in [7, 11) is 4.70. The number of thioether (sulfide) groups is 1. The van der Waals surface area contributed by atoms with Crippen LogP contribution in [0.25, 0.3) is 0 Å². The first-order valence-corrected chi connectivity index (χ1v) is 12.6. The Bertz CT molecular complexity index is 1190. The number of rotatable bonds is 9. The first-order valence-electron chi connectivity index (χ1n) is 11.7. The molecule has 4 rings (SSSR count). The lowest BCUT2D eigenvalue weighted by Gasteiger charge is -2.22. The Kier molecular flexibility index (Phi) is 8.38. The predicted octanol–water partition coefficient (Wildman–Crippen LogP) is 4.64. The number of amides is 2. The molecule has 0 aliphatic carbocycles. The number of carbonyl (C=O) groups excluding carboxylic acids is 2. The third-order valence-corrected chi connectivity index (χ3v) is 7.35. The van der Waals surface area contributed by atoms with Crippen LogP contribution in [0.3, 0.4) is 0 Å². The van der Waals surface area contributed by atoms with E-state index >= 15 is 0 Å². The van der Waals surface area contributed by atoms with E-state index in [9.17, 15) is 9.59 Å². The van der Waals surface area contributed by atoms with E-state index in [2.05, 4.69) is 5.32 Å². The van der Waals surface area contributed by atoms with Crippen molar-refractivity contribution in [1.29, 1.82) is 0 Å². The minimum atomic E-state index is -0.196. The van der Waals surface area contributed by atoms with Gasteiger partial charge in [0.2, 0.25) is 17.6 Å². The molecule has 0 aromatic heterocycles. The lowest BCUT2D eigenvalue weighted by Crippen LogP contribution is -2.41. The molecule has 0 unspecified atom stereocenters. The largest absolute Gasteiger partial charge is 0.493 e. The fraction of sp³-hybridized carbons (Fsp3) is 0.286. The Hall–Kier alpha value is -3.65. The number of carbonyl (C=O) groups is 2. The quantitative estimate of drug-likeness (QED) is 0.456. The standard InChI is InChI=1S/C28H30N2O5S/c1-33-22-15-20(16-23(34-2)28(22)35-3)25-17-27(32)30(21-11-7-8-12-24(21)36-25)18-26(31)29-14-13-19-9-5-4-6-10-19/h4-12,15-16,25H,13-14,17-18H2,1-3H3,(H,29,31)/t25-/m0/s1. The second-order valence-corrected chi connectivity index (χ2v) is 9.55. The van der Waals surface area contributed by atoms with Gasteiger partial charge in [-0.15, -0.1) is 11.8 Å². The van der Waals surface area contributed by atoms with E-state index in [1.165, 1.54) is 0 Å². The molecule has 1 atom stereocenters. The van der Waals surface area contributed by atoms with Crippen molar-refractivity contribution in [1.82, 2.24) is 5.32 Å². The molecular formula is C28H30N2O5S. The van der Waals surface area contributed by atoms with E-state index in [0.29, 0.717) is 23.8 Å². The van der Waals surface area contributed by atoms with Gasteiger partial charge in [-0.1, -0.05) is 42.5 Å². The number of para-hydroxylation sites is 1.